The summed E-state index contributed by atoms with van der Waals surface area (Å²) in [6.07, 6.45) is 2.91. The van der Waals surface area contributed by atoms with Crippen LogP contribution in [-0.2, 0) is 0 Å². The summed E-state index contributed by atoms with van der Waals surface area (Å²) >= 11 is 1.66. The first-order valence-corrected chi connectivity index (χ1v) is 8.19. The Labute approximate surface area is 130 Å². The minimum atomic E-state index is 0.00935. The van der Waals surface area contributed by atoms with Crippen molar-refractivity contribution in [2.75, 3.05) is 23.4 Å². The van der Waals surface area contributed by atoms with Gasteiger partial charge in [-0.2, -0.15) is 0 Å². The third-order valence-corrected chi connectivity index (χ3v) is 3.95. The number of nitrogens with two attached hydrogens (primary N) is 1. The van der Waals surface area contributed by atoms with Crippen LogP contribution in [0.3, 0.4) is 0 Å². The average molecular weight is 300 g/mol. The number of carbonyl (C=O) groups is 1. The molecule has 21 heavy (non-hydrogen) atoms. The van der Waals surface area contributed by atoms with Crippen molar-refractivity contribution >= 4 is 29.0 Å². The second kappa shape index (κ2) is 7.18. The van der Waals surface area contributed by atoms with E-state index in [4.69, 9.17) is 5.73 Å². The number of amides is 1. The molecule has 110 valence electrons. The lowest BCUT2D eigenvalue weighted by Crippen LogP contribution is -2.31. The molecule has 0 aliphatic carbocycles. The van der Waals surface area contributed by atoms with Gasteiger partial charge in [-0.25, -0.2) is 0 Å². The van der Waals surface area contributed by atoms with Gasteiger partial charge in [0.15, 0.2) is 0 Å². The first-order chi connectivity index (χ1) is 10.2. The second-order valence-electron chi connectivity index (χ2n) is 4.78. The van der Waals surface area contributed by atoms with E-state index in [0.29, 0.717) is 17.8 Å². The summed E-state index contributed by atoms with van der Waals surface area (Å²) < 4.78 is 0. The standard InChI is InChI=1S/C17H20N2OS/c1-3-11-19(15-6-4-5-14(18)12-15)17(20)13-7-9-16(21-2)10-8-13/h4-10,12H,3,11,18H2,1-2H3. The molecule has 0 atom stereocenters. The molecule has 0 fully saturated rings. The molecule has 0 unspecified atom stereocenters. The molecule has 0 saturated heterocycles. The molecule has 0 bridgehead atoms. The largest absolute Gasteiger partial charge is 0.399 e. The van der Waals surface area contributed by atoms with Gasteiger partial charge in [-0.1, -0.05) is 13.0 Å². The number of anilines is 2. The van der Waals surface area contributed by atoms with Gasteiger partial charge in [-0.05, 0) is 55.1 Å². The first-order valence-electron chi connectivity index (χ1n) is 6.97. The van der Waals surface area contributed by atoms with Crippen LogP contribution >= 0.6 is 11.8 Å². The number of nitrogens with zero attached hydrogens (tertiary/aromatic N) is 1. The van der Waals surface area contributed by atoms with Gasteiger partial charge in [0, 0.05) is 28.4 Å². The van der Waals surface area contributed by atoms with Gasteiger partial charge in [-0.15, -0.1) is 11.8 Å². The Kier molecular flexibility index (Phi) is 5.28. The van der Waals surface area contributed by atoms with Gasteiger partial charge in [-0.3, -0.25) is 4.79 Å². The molecule has 2 aromatic carbocycles. The zero-order valence-electron chi connectivity index (χ0n) is 12.4. The molecule has 0 aliphatic rings. The number of benzene rings is 2. The van der Waals surface area contributed by atoms with E-state index in [1.165, 1.54) is 0 Å². The molecule has 0 saturated carbocycles. The Morgan fingerprint density at radius 1 is 1.19 bits per heavy atom. The van der Waals surface area contributed by atoms with Crippen LogP contribution < -0.4 is 10.6 Å². The van der Waals surface area contributed by atoms with Crippen LogP contribution in [0.25, 0.3) is 0 Å². The normalized spacial score (nSPS) is 10.4. The number of rotatable bonds is 5. The van der Waals surface area contributed by atoms with E-state index in [1.807, 2.05) is 54.8 Å². The smallest absolute Gasteiger partial charge is 0.258 e. The lowest BCUT2D eigenvalue weighted by Gasteiger charge is -2.22. The van der Waals surface area contributed by atoms with Crippen molar-refractivity contribution in [2.45, 2.75) is 18.2 Å². The third-order valence-electron chi connectivity index (χ3n) is 3.21. The highest BCUT2D eigenvalue weighted by atomic mass is 32.2. The van der Waals surface area contributed by atoms with E-state index >= 15 is 0 Å². The van der Waals surface area contributed by atoms with Crippen LogP contribution in [0.4, 0.5) is 11.4 Å². The third kappa shape index (κ3) is 3.79. The minimum Gasteiger partial charge on any atom is -0.399 e. The van der Waals surface area contributed by atoms with Gasteiger partial charge >= 0.3 is 0 Å². The zero-order valence-corrected chi connectivity index (χ0v) is 13.2. The van der Waals surface area contributed by atoms with Gasteiger partial charge in [0.05, 0.1) is 0 Å². The molecule has 2 rings (SSSR count). The Morgan fingerprint density at radius 3 is 2.48 bits per heavy atom. The number of carbonyl (C=O) groups excluding carboxylic acids is 1. The highest BCUT2D eigenvalue weighted by Gasteiger charge is 2.17. The molecular weight excluding hydrogens is 280 g/mol. The van der Waals surface area contributed by atoms with Gasteiger partial charge < -0.3 is 10.6 Å². The zero-order chi connectivity index (χ0) is 15.2. The highest BCUT2D eigenvalue weighted by molar-refractivity contribution is 7.98. The summed E-state index contributed by atoms with van der Waals surface area (Å²) in [5.74, 6) is 0.00935. The number of hydrogen-bond acceptors (Lipinski definition) is 3. The highest BCUT2D eigenvalue weighted by Crippen LogP contribution is 2.22. The molecule has 2 aromatic rings. The Hall–Kier alpha value is -1.94. The summed E-state index contributed by atoms with van der Waals surface area (Å²) in [5, 5.41) is 0. The van der Waals surface area contributed by atoms with Gasteiger partial charge in [0.2, 0.25) is 0 Å². The van der Waals surface area contributed by atoms with E-state index < -0.39 is 0 Å². The van der Waals surface area contributed by atoms with Crippen molar-refractivity contribution in [2.24, 2.45) is 0 Å². The van der Waals surface area contributed by atoms with Crippen molar-refractivity contribution < 1.29 is 4.79 Å². The topological polar surface area (TPSA) is 46.3 Å². The Balaban J connectivity index is 2.30. The van der Waals surface area contributed by atoms with E-state index in [-0.39, 0.29) is 5.91 Å². The fraction of sp³-hybridized carbons (Fsp3) is 0.235. The molecule has 0 aliphatic heterocycles. The van der Waals surface area contributed by atoms with Crippen molar-refractivity contribution in [1.29, 1.82) is 0 Å². The summed E-state index contributed by atoms with van der Waals surface area (Å²) in [7, 11) is 0. The number of hydrogen-bond donors (Lipinski definition) is 1. The fourth-order valence-electron chi connectivity index (χ4n) is 2.15. The number of thioether (sulfide) groups is 1. The molecule has 0 spiro atoms. The van der Waals surface area contributed by atoms with Crippen molar-refractivity contribution in [1.82, 2.24) is 0 Å². The summed E-state index contributed by atoms with van der Waals surface area (Å²) in [6.45, 7) is 2.73. The van der Waals surface area contributed by atoms with Crippen LogP contribution in [0.5, 0.6) is 0 Å². The van der Waals surface area contributed by atoms with Gasteiger partial charge in [0.25, 0.3) is 5.91 Å². The van der Waals surface area contributed by atoms with Crippen molar-refractivity contribution in [3.8, 4) is 0 Å². The van der Waals surface area contributed by atoms with Crippen LogP contribution in [0, 0.1) is 0 Å². The summed E-state index contributed by atoms with van der Waals surface area (Å²) in [6, 6.07) is 15.2. The molecule has 4 heteroatoms. The lowest BCUT2D eigenvalue weighted by molar-refractivity contribution is 0.0987. The van der Waals surface area contributed by atoms with Crippen LogP contribution in [0.2, 0.25) is 0 Å². The van der Waals surface area contributed by atoms with Crippen molar-refractivity contribution in [3.63, 3.8) is 0 Å². The molecule has 0 heterocycles. The predicted octanol–water partition coefficient (Wildman–Crippen LogP) is 4.05. The predicted molar refractivity (Wildman–Crippen MR) is 91.0 cm³/mol. The average Bonchev–Trinajstić information content (AvgIpc) is 2.52. The first kappa shape index (κ1) is 15.4. The molecule has 0 radical (unpaired) electrons. The van der Waals surface area contributed by atoms with Gasteiger partial charge in [0.1, 0.15) is 0 Å². The fourth-order valence-corrected chi connectivity index (χ4v) is 2.56. The number of nitrogen functional groups attached to an aromatic ring is 1. The van der Waals surface area contributed by atoms with Crippen LogP contribution in [0.15, 0.2) is 53.4 Å². The molecule has 2 N–H and O–H groups in total. The molecule has 1 amide bonds. The Morgan fingerprint density at radius 2 is 1.90 bits per heavy atom. The van der Waals surface area contributed by atoms with E-state index in [2.05, 4.69) is 6.92 Å². The molecular formula is C17H20N2OS. The Bertz CT molecular complexity index is 610. The molecule has 0 aromatic heterocycles. The lowest BCUT2D eigenvalue weighted by atomic mass is 10.1. The van der Waals surface area contributed by atoms with E-state index in [0.717, 1.165) is 17.0 Å². The quantitative estimate of drug-likeness (QED) is 0.669. The monoisotopic (exact) mass is 300 g/mol. The summed E-state index contributed by atoms with van der Waals surface area (Å²) in [5.41, 5.74) is 8.04. The maximum absolute atomic E-state index is 12.7. The van der Waals surface area contributed by atoms with Crippen LogP contribution in [0.1, 0.15) is 23.7 Å². The van der Waals surface area contributed by atoms with Crippen LogP contribution in [-0.4, -0.2) is 18.7 Å². The summed E-state index contributed by atoms with van der Waals surface area (Å²) in [4.78, 5) is 15.7. The van der Waals surface area contributed by atoms with E-state index in [1.54, 1.807) is 16.7 Å². The second-order valence-corrected chi connectivity index (χ2v) is 5.66. The maximum atomic E-state index is 12.7. The molecule has 3 nitrogen and oxygen atoms in total. The SMILES string of the molecule is CCCN(C(=O)c1ccc(SC)cc1)c1cccc(N)c1. The van der Waals surface area contributed by atoms with E-state index in [9.17, 15) is 4.79 Å². The van der Waals surface area contributed by atoms with Crippen molar-refractivity contribution in [3.05, 3.63) is 54.1 Å². The maximum Gasteiger partial charge on any atom is 0.258 e. The minimum absolute atomic E-state index is 0.00935.